The van der Waals surface area contributed by atoms with Crippen molar-refractivity contribution < 1.29 is 4.79 Å². The molecule has 19 heavy (non-hydrogen) atoms. The summed E-state index contributed by atoms with van der Waals surface area (Å²) in [6, 6.07) is 8.72. The van der Waals surface area contributed by atoms with Crippen LogP contribution >= 0.6 is 0 Å². The van der Waals surface area contributed by atoms with E-state index in [0.29, 0.717) is 24.0 Å². The van der Waals surface area contributed by atoms with Crippen molar-refractivity contribution in [3.05, 3.63) is 35.4 Å². The van der Waals surface area contributed by atoms with Crippen molar-refractivity contribution in [2.75, 3.05) is 13.1 Å². The SMILES string of the molecule is CC(C)c1ccc(CCC(=O)C2CCNCC2)cc1. The second-order valence-electron chi connectivity index (χ2n) is 5.89. The van der Waals surface area contributed by atoms with Crippen LogP contribution in [0.15, 0.2) is 24.3 Å². The number of nitrogens with one attached hydrogen (secondary N) is 1. The molecule has 1 aliphatic heterocycles. The first kappa shape index (κ1) is 14.3. The standard InChI is InChI=1S/C17H25NO/c1-13(2)15-6-3-14(4-7-15)5-8-17(19)16-9-11-18-12-10-16/h3-4,6-7,13,16,18H,5,8-12H2,1-2H3. The van der Waals surface area contributed by atoms with Gasteiger partial charge in [0.1, 0.15) is 5.78 Å². The Kier molecular flexibility index (Phi) is 5.15. The van der Waals surface area contributed by atoms with Crippen molar-refractivity contribution in [3.8, 4) is 0 Å². The van der Waals surface area contributed by atoms with E-state index in [1.54, 1.807) is 0 Å². The predicted molar refractivity (Wildman–Crippen MR) is 79.5 cm³/mol. The number of rotatable bonds is 5. The van der Waals surface area contributed by atoms with Crippen LogP contribution in [0.4, 0.5) is 0 Å². The molecule has 1 saturated heterocycles. The zero-order valence-electron chi connectivity index (χ0n) is 12.1. The number of hydrogen-bond donors (Lipinski definition) is 1. The minimum atomic E-state index is 0.302. The second-order valence-corrected chi connectivity index (χ2v) is 5.89. The number of carbonyl (C=O) groups is 1. The summed E-state index contributed by atoms with van der Waals surface area (Å²) in [7, 11) is 0. The van der Waals surface area contributed by atoms with Crippen molar-refractivity contribution in [2.24, 2.45) is 5.92 Å². The minimum absolute atomic E-state index is 0.302. The van der Waals surface area contributed by atoms with Gasteiger partial charge in [0.05, 0.1) is 0 Å². The molecule has 2 heteroatoms. The van der Waals surface area contributed by atoms with Gasteiger partial charge in [-0.1, -0.05) is 38.1 Å². The summed E-state index contributed by atoms with van der Waals surface area (Å²) in [5, 5.41) is 3.31. The fourth-order valence-corrected chi connectivity index (χ4v) is 2.68. The Bertz CT molecular complexity index is 402. The van der Waals surface area contributed by atoms with Gasteiger partial charge in [-0.25, -0.2) is 0 Å². The topological polar surface area (TPSA) is 29.1 Å². The van der Waals surface area contributed by atoms with Gasteiger partial charge < -0.3 is 5.32 Å². The van der Waals surface area contributed by atoms with E-state index in [1.807, 2.05) is 0 Å². The number of piperidine rings is 1. The molecule has 0 aromatic heterocycles. The smallest absolute Gasteiger partial charge is 0.136 e. The third-order valence-electron chi connectivity index (χ3n) is 4.10. The molecule has 1 heterocycles. The maximum atomic E-state index is 12.1. The van der Waals surface area contributed by atoms with Gasteiger partial charge in [0.2, 0.25) is 0 Å². The Hall–Kier alpha value is -1.15. The molecule has 0 unspecified atom stereocenters. The largest absolute Gasteiger partial charge is 0.317 e. The number of Topliss-reactive ketones (excluding diaryl/α,β-unsaturated/α-hetero) is 1. The Balaban J connectivity index is 1.82. The van der Waals surface area contributed by atoms with Crippen LogP contribution in [0, 0.1) is 5.92 Å². The molecule has 1 aromatic rings. The van der Waals surface area contributed by atoms with E-state index in [9.17, 15) is 4.79 Å². The van der Waals surface area contributed by atoms with Crippen LogP contribution in [0.25, 0.3) is 0 Å². The first-order chi connectivity index (χ1) is 9.16. The highest BCUT2D eigenvalue weighted by atomic mass is 16.1. The molecular weight excluding hydrogens is 234 g/mol. The highest BCUT2D eigenvalue weighted by Crippen LogP contribution is 2.18. The molecule has 0 aliphatic carbocycles. The second kappa shape index (κ2) is 6.85. The van der Waals surface area contributed by atoms with E-state index < -0.39 is 0 Å². The summed E-state index contributed by atoms with van der Waals surface area (Å²) in [6.45, 7) is 6.41. The molecule has 1 aromatic carbocycles. The van der Waals surface area contributed by atoms with Crippen LogP contribution in [0.3, 0.4) is 0 Å². The maximum absolute atomic E-state index is 12.1. The van der Waals surface area contributed by atoms with E-state index in [2.05, 4.69) is 43.4 Å². The lowest BCUT2D eigenvalue weighted by molar-refractivity contribution is -0.123. The van der Waals surface area contributed by atoms with Gasteiger partial charge in [0.25, 0.3) is 0 Å². The summed E-state index contributed by atoms with van der Waals surface area (Å²) in [5.41, 5.74) is 2.65. The van der Waals surface area contributed by atoms with Crippen molar-refractivity contribution >= 4 is 5.78 Å². The van der Waals surface area contributed by atoms with Crippen molar-refractivity contribution in [3.63, 3.8) is 0 Å². The van der Waals surface area contributed by atoms with Crippen molar-refractivity contribution in [2.45, 2.75) is 45.4 Å². The molecule has 1 N–H and O–H groups in total. The van der Waals surface area contributed by atoms with E-state index >= 15 is 0 Å². The Morgan fingerprint density at radius 2 is 1.84 bits per heavy atom. The summed E-state index contributed by atoms with van der Waals surface area (Å²) in [5.74, 6) is 1.33. The molecule has 0 amide bonds. The molecule has 0 bridgehead atoms. The molecule has 0 atom stereocenters. The third-order valence-corrected chi connectivity index (χ3v) is 4.10. The van der Waals surface area contributed by atoms with Gasteiger partial charge in [0, 0.05) is 12.3 Å². The Morgan fingerprint density at radius 3 is 2.42 bits per heavy atom. The molecule has 2 nitrogen and oxygen atoms in total. The normalized spacial score (nSPS) is 16.8. The first-order valence-electron chi connectivity index (χ1n) is 7.49. The lowest BCUT2D eigenvalue weighted by Crippen LogP contribution is -2.31. The fourth-order valence-electron chi connectivity index (χ4n) is 2.68. The van der Waals surface area contributed by atoms with Crippen molar-refractivity contribution in [1.82, 2.24) is 5.32 Å². The molecular formula is C17H25NO. The van der Waals surface area contributed by atoms with E-state index in [1.165, 1.54) is 11.1 Å². The van der Waals surface area contributed by atoms with Gasteiger partial charge in [-0.3, -0.25) is 4.79 Å². The predicted octanol–water partition coefficient (Wildman–Crippen LogP) is 3.31. The first-order valence-corrected chi connectivity index (χ1v) is 7.49. The van der Waals surface area contributed by atoms with Crippen LogP contribution in [-0.4, -0.2) is 18.9 Å². The van der Waals surface area contributed by atoms with Crippen LogP contribution in [0.2, 0.25) is 0 Å². The zero-order chi connectivity index (χ0) is 13.7. The van der Waals surface area contributed by atoms with Gasteiger partial charge in [-0.15, -0.1) is 0 Å². The summed E-state index contributed by atoms with van der Waals surface area (Å²) < 4.78 is 0. The van der Waals surface area contributed by atoms with Crippen LogP contribution < -0.4 is 5.32 Å². The Morgan fingerprint density at radius 1 is 1.21 bits per heavy atom. The van der Waals surface area contributed by atoms with Gasteiger partial charge in [-0.2, -0.15) is 0 Å². The van der Waals surface area contributed by atoms with Crippen LogP contribution in [-0.2, 0) is 11.2 Å². The fraction of sp³-hybridized carbons (Fsp3) is 0.588. The summed E-state index contributed by atoms with van der Waals surface area (Å²) >= 11 is 0. The number of carbonyl (C=O) groups excluding carboxylic acids is 1. The minimum Gasteiger partial charge on any atom is -0.317 e. The summed E-state index contributed by atoms with van der Waals surface area (Å²) in [6.07, 6.45) is 3.63. The van der Waals surface area contributed by atoms with Crippen molar-refractivity contribution in [1.29, 1.82) is 0 Å². The lowest BCUT2D eigenvalue weighted by atomic mass is 9.90. The highest BCUT2D eigenvalue weighted by Gasteiger charge is 2.20. The average molecular weight is 259 g/mol. The number of benzene rings is 1. The molecule has 0 radical (unpaired) electrons. The molecule has 104 valence electrons. The highest BCUT2D eigenvalue weighted by molar-refractivity contribution is 5.81. The number of aryl methyl sites for hydroxylation is 1. The Labute approximate surface area is 116 Å². The quantitative estimate of drug-likeness (QED) is 0.879. The van der Waals surface area contributed by atoms with E-state index in [0.717, 1.165) is 32.4 Å². The maximum Gasteiger partial charge on any atom is 0.136 e. The van der Waals surface area contributed by atoms with E-state index in [4.69, 9.17) is 0 Å². The lowest BCUT2D eigenvalue weighted by Gasteiger charge is -2.21. The summed E-state index contributed by atoms with van der Waals surface area (Å²) in [4.78, 5) is 12.1. The monoisotopic (exact) mass is 259 g/mol. The number of hydrogen-bond acceptors (Lipinski definition) is 2. The molecule has 1 aliphatic rings. The third kappa shape index (κ3) is 4.17. The van der Waals surface area contributed by atoms with Crippen LogP contribution in [0.5, 0.6) is 0 Å². The average Bonchev–Trinajstić information content (AvgIpc) is 2.46. The molecule has 0 saturated carbocycles. The molecule has 0 spiro atoms. The zero-order valence-corrected chi connectivity index (χ0v) is 12.1. The van der Waals surface area contributed by atoms with E-state index in [-0.39, 0.29) is 0 Å². The van der Waals surface area contributed by atoms with Gasteiger partial charge >= 0.3 is 0 Å². The van der Waals surface area contributed by atoms with Gasteiger partial charge in [0.15, 0.2) is 0 Å². The molecule has 2 rings (SSSR count). The molecule has 1 fully saturated rings. The van der Waals surface area contributed by atoms with Gasteiger partial charge in [-0.05, 0) is 49.4 Å². The van der Waals surface area contributed by atoms with Crippen LogP contribution in [0.1, 0.15) is 50.2 Å². The number of ketones is 1.